The summed E-state index contributed by atoms with van der Waals surface area (Å²) in [4.78, 5) is 12.0. The average molecular weight is 276 g/mol. The van der Waals surface area contributed by atoms with E-state index in [2.05, 4.69) is 38.2 Å². The Bertz CT molecular complexity index is 415. The molecule has 1 rings (SSSR count). The van der Waals surface area contributed by atoms with Crippen LogP contribution in [0.2, 0.25) is 0 Å². The van der Waals surface area contributed by atoms with Crippen LogP contribution in [0.5, 0.6) is 0 Å². The molecular weight excluding hydrogens is 248 g/mol. The van der Waals surface area contributed by atoms with Crippen LogP contribution in [0.15, 0.2) is 24.3 Å². The standard InChI is InChI=1S/C17H28N2O/c1-4-14(10-11-18)8-9-17(20)19-16-7-5-6-15(12-16)13(2)3/h5-7,12-14H,4,8-11,18H2,1-3H3,(H,19,20). The molecule has 3 heteroatoms. The number of nitrogens with two attached hydrogens (primary N) is 1. The highest BCUT2D eigenvalue weighted by molar-refractivity contribution is 5.90. The fraction of sp³-hybridized carbons (Fsp3) is 0.588. The number of hydrogen-bond acceptors (Lipinski definition) is 2. The second kappa shape index (κ2) is 8.75. The molecule has 0 radical (unpaired) electrons. The Kier molecular flexibility index (Phi) is 7.31. The molecular formula is C17H28N2O. The molecule has 0 aliphatic heterocycles. The first kappa shape index (κ1) is 16.7. The molecule has 0 aliphatic carbocycles. The minimum atomic E-state index is 0.0985. The van der Waals surface area contributed by atoms with Crippen molar-refractivity contribution in [3.63, 3.8) is 0 Å². The van der Waals surface area contributed by atoms with Crippen LogP contribution in [0.1, 0.15) is 57.9 Å². The number of benzene rings is 1. The van der Waals surface area contributed by atoms with Crippen LogP contribution >= 0.6 is 0 Å². The van der Waals surface area contributed by atoms with Crippen LogP contribution in [0.3, 0.4) is 0 Å². The molecule has 0 spiro atoms. The van der Waals surface area contributed by atoms with Crippen molar-refractivity contribution in [2.45, 2.75) is 52.4 Å². The highest BCUT2D eigenvalue weighted by Gasteiger charge is 2.09. The number of hydrogen-bond donors (Lipinski definition) is 2. The van der Waals surface area contributed by atoms with E-state index in [1.54, 1.807) is 0 Å². The first-order chi connectivity index (χ1) is 9.56. The number of anilines is 1. The van der Waals surface area contributed by atoms with Gasteiger partial charge < -0.3 is 11.1 Å². The van der Waals surface area contributed by atoms with Gasteiger partial charge in [-0.15, -0.1) is 0 Å². The van der Waals surface area contributed by atoms with E-state index in [9.17, 15) is 4.79 Å². The van der Waals surface area contributed by atoms with E-state index in [1.165, 1.54) is 5.56 Å². The number of rotatable bonds is 8. The predicted molar refractivity (Wildman–Crippen MR) is 85.8 cm³/mol. The Hall–Kier alpha value is -1.35. The van der Waals surface area contributed by atoms with Crippen LogP contribution in [0, 0.1) is 5.92 Å². The molecule has 3 nitrogen and oxygen atoms in total. The quantitative estimate of drug-likeness (QED) is 0.756. The predicted octanol–water partition coefficient (Wildman–Crippen LogP) is 3.90. The third-order valence-corrected chi connectivity index (χ3v) is 3.77. The molecule has 1 aromatic rings. The summed E-state index contributed by atoms with van der Waals surface area (Å²) in [5.74, 6) is 1.13. The number of nitrogens with one attached hydrogen (secondary N) is 1. The molecule has 0 bridgehead atoms. The van der Waals surface area contributed by atoms with Gasteiger partial charge >= 0.3 is 0 Å². The summed E-state index contributed by atoms with van der Waals surface area (Å²) >= 11 is 0. The largest absolute Gasteiger partial charge is 0.330 e. The van der Waals surface area contributed by atoms with Crippen molar-refractivity contribution < 1.29 is 4.79 Å². The highest BCUT2D eigenvalue weighted by Crippen LogP contribution is 2.19. The smallest absolute Gasteiger partial charge is 0.224 e. The maximum absolute atomic E-state index is 12.0. The van der Waals surface area contributed by atoms with Crippen LogP contribution in [-0.2, 0) is 4.79 Å². The molecule has 0 heterocycles. The second-order valence-corrected chi connectivity index (χ2v) is 5.72. The van der Waals surface area contributed by atoms with Gasteiger partial charge in [0.25, 0.3) is 0 Å². The lowest BCUT2D eigenvalue weighted by Gasteiger charge is -2.13. The fourth-order valence-electron chi connectivity index (χ4n) is 2.32. The van der Waals surface area contributed by atoms with Crippen LogP contribution in [0.4, 0.5) is 5.69 Å². The van der Waals surface area contributed by atoms with Crippen LogP contribution in [0.25, 0.3) is 0 Å². The van der Waals surface area contributed by atoms with E-state index in [4.69, 9.17) is 5.73 Å². The van der Waals surface area contributed by atoms with E-state index in [-0.39, 0.29) is 5.91 Å². The molecule has 0 aromatic heterocycles. The molecule has 1 atom stereocenters. The minimum absolute atomic E-state index is 0.0985. The lowest BCUT2D eigenvalue weighted by atomic mass is 9.96. The zero-order chi connectivity index (χ0) is 15.0. The molecule has 0 aliphatic rings. The topological polar surface area (TPSA) is 55.1 Å². The maximum Gasteiger partial charge on any atom is 0.224 e. The van der Waals surface area contributed by atoms with E-state index in [1.807, 2.05) is 12.1 Å². The lowest BCUT2D eigenvalue weighted by molar-refractivity contribution is -0.116. The molecule has 1 amide bonds. The van der Waals surface area contributed by atoms with Crippen LogP contribution < -0.4 is 11.1 Å². The van der Waals surface area contributed by atoms with Gasteiger partial charge in [0.1, 0.15) is 0 Å². The van der Waals surface area contributed by atoms with Crippen molar-refractivity contribution >= 4 is 11.6 Å². The fourth-order valence-corrected chi connectivity index (χ4v) is 2.32. The molecule has 1 aromatic carbocycles. The van der Waals surface area contributed by atoms with Crippen LogP contribution in [-0.4, -0.2) is 12.5 Å². The zero-order valence-corrected chi connectivity index (χ0v) is 13.0. The second-order valence-electron chi connectivity index (χ2n) is 5.72. The van der Waals surface area contributed by atoms with Gasteiger partial charge in [0.2, 0.25) is 5.91 Å². The van der Waals surface area contributed by atoms with Gasteiger partial charge in [-0.05, 0) is 48.9 Å². The van der Waals surface area contributed by atoms with E-state index in [0.717, 1.165) is 24.9 Å². The van der Waals surface area contributed by atoms with Gasteiger partial charge in [0.15, 0.2) is 0 Å². The SMILES string of the molecule is CCC(CCN)CCC(=O)Nc1cccc(C(C)C)c1. The zero-order valence-electron chi connectivity index (χ0n) is 13.0. The Balaban J connectivity index is 2.47. The Morgan fingerprint density at radius 3 is 2.65 bits per heavy atom. The number of amides is 1. The molecule has 3 N–H and O–H groups in total. The Morgan fingerprint density at radius 1 is 1.30 bits per heavy atom. The third kappa shape index (κ3) is 5.74. The average Bonchev–Trinajstić information content (AvgIpc) is 2.43. The maximum atomic E-state index is 12.0. The Labute approximate surface area is 122 Å². The summed E-state index contributed by atoms with van der Waals surface area (Å²) in [7, 11) is 0. The summed E-state index contributed by atoms with van der Waals surface area (Å²) in [6.07, 6.45) is 3.59. The van der Waals surface area contributed by atoms with E-state index >= 15 is 0 Å². The summed E-state index contributed by atoms with van der Waals surface area (Å²) in [5.41, 5.74) is 7.72. The van der Waals surface area contributed by atoms with Crippen molar-refractivity contribution in [1.82, 2.24) is 0 Å². The van der Waals surface area contributed by atoms with Crippen molar-refractivity contribution in [1.29, 1.82) is 0 Å². The van der Waals surface area contributed by atoms with Gasteiger partial charge in [-0.3, -0.25) is 4.79 Å². The monoisotopic (exact) mass is 276 g/mol. The lowest BCUT2D eigenvalue weighted by Crippen LogP contribution is -2.15. The molecule has 0 saturated carbocycles. The molecule has 1 unspecified atom stereocenters. The first-order valence-corrected chi connectivity index (χ1v) is 7.66. The Morgan fingerprint density at radius 2 is 2.05 bits per heavy atom. The van der Waals surface area contributed by atoms with Gasteiger partial charge in [0.05, 0.1) is 0 Å². The number of carbonyl (C=O) groups is 1. The molecule has 20 heavy (non-hydrogen) atoms. The van der Waals surface area contributed by atoms with Crippen molar-refractivity contribution in [3.05, 3.63) is 29.8 Å². The van der Waals surface area contributed by atoms with Gasteiger partial charge in [0, 0.05) is 12.1 Å². The van der Waals surface area contributed by atoms with Crippen molar-refractivity contribution in [2.24, 2.45) is 11.7 Å². The summed E-state index contributed by atoms with van der Waals surface area (Å²) < 4.78 is 0. The molecule has 0 fully saturated rings. The van der Waals surface area contributed by atoms with Gasteiger partial charge in [-0.1, -0.05) is 39.3 Å². The number of carbonyl (C=O) groups excluding carboxylic acids is 1. The summed E-state index contributed by atoms with van der Waals surface area (Å²) in [6.45, 7) is 7.17. The van der Waals surface area contributed by atoms with Gasteiger partial charge in [-0.25, -0.2) is 0 Å². The summed E-state index contributed by atoms with van der Waals surface area (Å²) in [6, 6.07) is 8.09. The normalized spacial score (nSPS) is 12.4. The van der Waals surface area contributed by atoms with E-state index in [0.29, 0.717) is 24.8 Å². The summed E-state index contributed by atoms with van der Waals surface area (Å²) in [5, 5.41) is 2.99. The van der Waals surface area contributed by atoms with Crippen molar-refractivity contribution in [3.8, 4) is 0 Å². The minimum Gasteiger partial charge on any atom is -0.330 e. The first-order valence-electron chi connectivity index (χ1n) is 7.66. The highest BCUT2D eigenvalue weighted by atomic mass is 16.1. The third-order valence-electron chi connectivity index (χ3n) is 3.77. The molecule has 112 valence electrons. The van der Waals surface area contributed by atoms with Crippen molar-refractivity contribution in [2.75, 3.05) is 11.9 Å². The van der Waals surface area contributed by atoms with Gasteiger partial charge in [-0.2, -0.15) is 0 Å². The molecule has 0 saturated heterocycles. The van der Waals surface area contributed by atoms with E-state index < -0.39 is 0 Å².